The Bertz CT molecular complexity index is 326. The molecular formula is C10H22F3N2O5P. The van der Waals surface area contributed by atoms with Gasteiger partial charge in [0.2, 0.25) is 0 Å². The number of hydrogen-bond acceptors (Lipinski definition) is 4. The van der Waals surface area contributed by atoms with Crippen molar-refractivity contribution in [3.8, 4) is 0 Å². The lowest BCUT2D eigenvalue weighted by molar-refractivity contribution is -0.173. The summed E-state index contributed by atoms with van der Waals surface area (Å²) in [6.45, 7) is 8.79. The number of carbonyl (C=O) groups excluding carboxylic acids is 1. The molecule has 7 nitrogen and oxygen atoms in total. The highest BCUT2D eigenvalue weighted by Crippen LogP contribution is 2.35. The van der Waals surface area contributed by atoms with Gasteiger partial charge in [-0.05, 0) is 19.6 Å². The highest BCUT2D eigenvalue weighted by atomic mass is 31.2. The normalized spacial score (nSPS) is 11.9. The smallest absolute Gasteiger partial charge is 0.346 e. The standard InChI is InChI=1S/C6H15N.C4H7F3NO5P/c1-4-7(5-2)6-3;5-4(6,7)3(9)8-1-2-13-14(10,11)12/h4-6H2,1-3H3;1-2H2,(H,8,9)(H2,10,11,12). The molecule has 21 heavy (non-hydrogen) atoms. The number of carbonyl (C=O) groups is 1. The molecule has 0 saturated heterocycles. The molecule has 0 saturated carbocycles. The molecule has 0 radical (unpaired) electrons. The van der Waals surface area contributed by atoms with Crippen LogP contribution in [0.1, 0.15) is 20.8 Å². The lowest BCUT2D eigenvalue weighted by Crippen LogP contribution is -2.38. The first-order valence-corrected chi connectivity index (χ1v) is 7.78. The number of phosphoric acid groups is 1. The predicted octanol–water partition coefficient (Wildman–Crippen LogP) is 1.12. The maximum absolute atomic E-state index is 11.5. The highest BCUT2D eigenvalue weighted by Gasteiger charge is 2.38. The van der Waals surface area contributed by atoms with Crippen LogP contribution in [0.5, 0.6) is 0 Å². The average Bonchev–Trinajstić information content (AvgIpc) is 2.35. The molecule has 0 aliphatic carbocycles. The van der Waals surface area contributed by atoms with Crippen molar-refractivity contribution in [2.45, 2.75) is 26.9 Å². The topological polar surface area (TPSA) is 99.1 Å². The van der Waals surface area contributed by atoms with Crippen LogP contribution in [0.3, 0.4) is 0 Å². The van der Waals surface area contributed by atoms with Gasteiger partial charge in [0.05, 0.1) is 6.61 Å². The van der Waals surface area contributed by atoms with E-state index >= 15 is 0 Å². The van der Waals surface area contributed by atoms with Gasteiger partial charge in [0, 0.05) is 6.54 Å². The van der Waals surface area contributed by atoms with E-state index < -0.39 is 33.1 Å². The monoisotopic (exact) mass is 338 g/mol. The second-order valence-corrected chi connectivity index (χ2v) is 4.94. The van der Waals surface area contributed by atoms with E-state index in [0.29, 0.717) is 0 Å². The first-order valence-electron chi connectivity index (χ1n) is 6.25. The van der Waals surface area contributed by atoms with Gasteiger partial charge in [-0.1, -0.05) is 20.8 Å². The first-order chi connectivity index (χ1) is 9.47. The van der Waals surface area contributed by atoms with Crippen molar-refractivity contribution in [3.63, 3.8) is 0 Å². The minimum Gasteiger partial charge on any atom is -0.346 e. The van der Waals surface area contributed by atoms with Gasteiger partial charge in [-0.3, -0.25) is 9.32 Å². The molecule has 0 atom stereocenters. The Kier molecular flexibility index (Phi) is 11.8. The predicted molar refractivity (Wildman–Crippen MR) is 70.5 cm³/mol. The number of nitrogens with one attached hydrogen (secondary N) is 1. The molecule has 0 aliphatic heterocycles. The molecule has 128 valence electrons. The Labute approximate surface area is 121 Å². The zero-order valence-corrected chi connectivity index (χ0v) is 13.1. The summed E-state index contributed by atoms with van der Waals surface area (Å²) in [5, 5.41) is 1.36. The Morgan fingerprint density at radius 3 is 1.86 bits per heavy atom. The molecule has 0 rings (SSSR count). The summed E-state index contributed by atoms with van der Waals surface area (Å²) in [7, 11) is -4.70. The fourth-order valence-corrected chi connectivity index (χ4v) is 1.43. The largest absolute Gasteiger partial charge is 0.471 e. The molecule has 0 aromatic rings. The number of hydrogen-bond donors (Lipinski definition) is 3. The fraction of sp³-hybridized carbons (Fsp3) is 0.900. The zero-order chi connectivity index (χ0) is 17.1. The van der Waals surface area contributed by atoms with E-state index in [1.54, 1.807) is 0 Å². The van der Waals surface area contributed by atoms with E-state index in [0.717, 1.165) is 0 Å². The third-order valence-corrected chi connectivity index (χ3v) is 2.77. The molecule has 0 bridgehead atoms. The number of halogens is 3. The van der Waals surface area contributed by atoms with E-state index in [4.69, 9.17) is 9.79 Å². The molecule has 0 aliphatic rings. The Morgan fingerprint density at radius 2 is 1.62 bits per heavy atom. The number of nitrogens with zero attached hydrogens (tertiary/aromatic N) is 1. The maximum atomic E-state index is 11.5. The third kappa shape index (κ3) is 15.5. The van der Waals surface area contributed by atoms with E-state index in [1.165, 1.54) is 25.0 Å². The molecule has 1 amide bonds. The molecule has 0 aromatic heterocycles. The van der Waals surface area contributed by atoms with E-state index in [2.05, 4.69) is 30.2 Å². The Morgan fingerprint density at radius 1 is 1.19 bits per heavy atom. The van der Waals surface area contributed by atoms with Crippen LogP contribution in [0, 0.1) is 0 Å². The average molecular weight is 338 g/mol. The summed E-state index contributed by atoms with van der Waals surface area (Å²) in [6.07, 6.45) is -5.01. The lowest BCUT2D eigenvalue weighted by Gasteiger charge is -2.13. The van der Waals surface area contributed by atoms with Crippen molar-refractivity contribution in [3.05, 3.63) is 0 Å². The Balaban J connectivity index is 0. The van der Waals surface area contributed by atoms with Gasteiger partial charge in [-0.2, -0.15) is 13.2 Å². The number of phosphoric ester groups is 1. The highest BCUT2D eigenvalue weighted by molar-refractivity contribution is 7.46. The molecule has 0 heterocycles. The van der Waals surface area contributed by atoms with E-state index in [-0.39, 0.29) is 0 Å². The van der Waals surface area contributed by atoms with Gasteiger partial charge in [0.25, 0.3) is 0 Å². The summed E-state index contributed by atoms with van der Waals surface area (Å²) in [6, 6.07) is 0. The molecule has 0 unspecified atom stereocenters. The second kappa shape index (κ2) is 11.0. The maximum Gasteiger partial charge on any atom is 0.471 e. The van der Waals surface area contributed by atoms with Gasteiger partial charge >= 0.3 is 19.9 Å². The van der Waals surface area contributed by atoms with Crippen molar-refractivity contribution < 1.29 is 36.8 Å². The minimum atomic E-state index is -5.01. The fourth-order valence-electron chi connectivity index (χ4n) is 1.10. The lowest BCUT2D eigenvalue weighted by atomic mass is 10.5. The summed E-state index contributed by atoms with van der Waals surface area (Å²) < 4.78 is 48.3. The number of rotatable bonds is 7. The summed E-state index contributed by atoms with van der Waals surface area (Å²) in [5.41, 5.74) is 0. The molecular weight excluding hydrogens is 316 g/mol. The molecule has 0 spiro atoms. The number of alkyl halides is 3. The van der Waals surface area contributed by atoms with Gasteiger partial charge in [-0.25, -0.2) is 4.57 Å². The van der Waals surface area contributed by atoms with Crippen LogP contribution in [0.15, 0.2) is 0 Å². The first kappa shape index (κ1) is 22.6. The SMILES string of the molecule is CCN(CC)CC.O=C(NCCOP(=O)(O)O)C(F)(F)F. The van der Waals surface area contributed by atoms with Crippen molar-refractivity contribution in [2.24, 2.45) is 0 Å². The molecule has 0 fully saturated rings. The second-order valence-electron chi connectivity index (χ2n) is 3.70. The summed E-state index contributed by atoms with van der Waals surface area (Å²) in [4.78, 5) is 28.7. The van der Waals surface area contributed by atoms with Gasteiger partial charge in [-0.15, -0.1) is 0 Å². The summed E-state index contributed by atoms with van der Waals surface area (Å²) in [5.74, 6) is -2.19. The Hall–Kier alpha value is -0.670. The van der Waals surface area contributed by atoms with Crippen LogP contribution in [-0.2, 0) is 13.9 Å². The van der Waals surface area contributed by atoms with Crippen LogP contribution in [0.2, 0.25) is 0 Å². The van der Waals surface area contributed by atoms with Crippen LogP contribution in [-0.4, -0.2) is 59.6 Å². The number of amides is 1. The van der Waals surface area contributed by atoms with E-state index in [1.807, 2.05) is 0 Å². The summed E-state index contributed by atoms with van der Waals surface area (Å²) >= 11 is 0. The van der Waals surface area contributed by atoms with Crippen molar-refractivity contribution in [1.82, 2.24) is 10.2 Å². The van der Waals surface area contributed by atoms with Crippen molar-refractivity contribution in [1.29, 1.82) is 0 Å². The molecule has 0 aromatic carbocycles. The van der Waals surface area contributed by atoms with Crippen molar-refractivity contribution >= 4 is 13.7 Å². The van der Waals surface area contributed by atoms with Crippen molar-refractivity contribution in [2.75, 3.05) is 32.8 Å². The van der Waals surface area contributed by atoms with Crippen LogP contribution in [0.4, 0.5) is 13.2 Å². The van der Waals surface area contributed by atoms with Crippen LogP contribution >= 0.6 is 7.82 Å². The van der Waals surface area contributed by atoms with Crippen LogP contribution in [0.25, 0.3) is 0 Å². The quantitative estimate of drug-likeness (QED) is 0.475. The minimum absolute atomic E-state index is 0.635. The van der Waals surface area contributed by atoms with Crippen LogP contribution < -0.4 is 5.32 Å². The van der Waals surface area contributed by atoms with Gasteiger partial charge in [0.15, 0.2) is 0 Å². The van der Waals surface area contributed by atoms with Gasteiger partial charge in [0.1, 0.15) is 0 Å². The van der Waals surface area contributed by atoms with E-state index in [9.17, 15) is 22.5 Å². The van der Waals surface area contributed by atoms with Gasteiger partial charge < -0.3 is 20.0 Å². The molecule has 3 N–H and O–H groups in total. The molecule has 11 heteroatoms. The third-order valence-electron chi connectivity index (χ3n) is 2.25. The zero-order valence-electron chi connectivity index (χ0n) is 12.2.